The van der Waals surface area contributed by atoms with Crippen LogP contribution in [0.4, 0.5) is 24.7 Å². The molecule has 0 bridgehead atoms. The molecular weight excluding hydrogens is 453 g/mol. The van der Waals surface area contributed by atoms with Gasteiger partial charge in [-0.15, -0.1) is 0 Å². The quantitative estimate of drug-likeness (QED) is 0.531. The van der Waals surface area contributed by atoms with Crippen LogP contribution in [-0.2, 0) is 0 Å². The van der Waals surface area contributed by atoms with Crippen molar-refractivity contribution in [2.75, 3.05) is 32.0 Å². The number of nitrogens with one attached hydrogen (secondary N) is 2. The average Bonchev–Trinajstić information content (AvgIpc) is 3.27. The van der Waals surface area contributed by atoms with Crippen molar-refractivity contribution in [1.82, 2.24) is 9.78 Å². The van der Waals surface area contributed by atoms with Gasteiger partial charge >= 0.3 is 6.18 Å². The van der Waals surface area contributed by atoms with E-state index < -0.39 is 24.2 Å². The molecule has 0 spiro atoms. The van der Waals surface area contributed by atoms with E-state index in [1.165, 1.54) is 27.4 Å². The summed E-state index contributed by atoms with van der Waals surface area (Å²) in [4.78, 5) is 12.8. The summed E-state index contributed by atoms with van der Waals surface area (Å²) in [5.74, 6) is 0.918. The van der Waals surface area contributed by atoms with E-state index in [9.17, 15) is 18.0 Å². The van der Waals surface area contributed by atoms with Gasteiger partial charge in [-0.25, -0.2) is 4.68 Å². The molecule has 4 rings (SSSR count). The fraction of sp³-hybridized carbons (Fsp3) is 0.304. The number of fused-ring (bicyclic) bond motifs is 1. The van der Waals surface area contributed by atoms with Crippen molar-refractivity contribution in [2.24, 2.45) is 0 Å². The lowest BCUT2D eigenvalue weighted by Crippen LogP contribution is -2.35. The second-order valence-corrected chi connectivity index (χ2v) is 7.65. The van der Waals surface area contributed by atoms with Crippen molar-refractivity contribution in [2.45, 2.75) is 24.7 Å². The minimum Gasteiger partial charge on any atom is -0.497 e. The molecule has 0 aliphatic carbocycles. The molecule has 0 radical (unpaired) electrons. The predicted molar refractivity (Wildman–Crippen MR) is 119 cm³/mol. The van der Waals surface area contributed by atoms with E-state index in [2.05, 4.69) is 15.7 Å². The number of halogens is 3. The normalized spacial score (nSPS) is 17.4. The van der Waals surface area contributed by atoms with E-state index in [1.54, 1.807) is 42.5 Å². The summed E-state index contributed by atoms with van der Waals surface area (Å²) < 4.78 is 58.0. The first-order valence-electron chi connectivity index (χ1n) is 10.3. The van der Waals surface area contributed by atoms with Gasteiger partial charge in [0, 0.05) is 24.2 Å². The minimum absolute atomic E-state index is 0.104. The molecule has 0 saturated carbocycles. The summed E-state index contributed by atoms with van der Waals surface area (Å²) in [5.41, 5.74) is 0.894. The number of nitrogens with zero attached hydrogens (tertiary/aromatic N) is 2. The molecule has 34 heavy (non-hydrogen) atoms. The molecule has 1 aromatic heterocycles. The Morgan fingerprint density at radius 2 is 1.74 bits per heavy atom. The van der Waals surface area contributed by atoms with Gasteiger partial charge in [0.05, 0.1) is 27.4 Å². The molecule has 3 aromatic rings. The van der Waals surface area contributed by atoms with Crippen LogP contribution in [0, 0.1) is 0 Å². The van der Waals surface area contributed by atoms with Gasteiger partial charge < -0.3 is 24.8 Å². The number of benzene rings is 2. The van der Waals surface area contributed by atoms with Crippen molar-refractivity contribution >= 4 is 17.4 Å². The maximum absolute atomic E-state index is 13.9. The number of ether oxygens (including phenoxy) is 3. The highest BCUT2D eigenvalue weighted by Crippen LogP contribution is 2.44. The minimum atomic E-state index is -4.55. The van der Waals surface area contributed by atoms with Gasteiger partial charge in [0.2, 0.25) is 0 Å². The summed E-state index contributed by atoms with van der Waals surface area (Å²) in [6.45, 7) is 0. The van der Waals surface area contributed by atoms with Gasteiger partial charge in [0.1, 0.15) is 11.6 Å². The third kappa shape index (κ3) is 4.59. The number of anilines is 2. The SMILES string of the molecule is COc1ccc([C@@H]2C[C@H](C(F)(F)F)n3nc(C(=O)Nc4ccc(OC)c(OC)c4)cc3N2)cc1. The Morgan fingerprint density at radius 3 is 2.35 bits per heavy atom. The first-order chi connectivity index (χ1) is 16.2. The van der Waals surface area contributed by atoms with E-state index in [0.717, 1.165) is 4.68 Å². The number of carbonyl (C=O) groups excluding carboxylic acids is 1. The summed E-state index contributed by atoms with van der Waals surface area (Å²) in [6.07, 6.45) is -4.83. The molecule has 1 aliphatic rings. The Labute approximate surface area is 193 Å². The maximum atomic E-state index is 13.9. The average molecular weight is 476 g/mol. The monoisotopic (exact) mass is 476 g/mol. The lowest BCUT2D eigenvalue weighted by molar-refractivity contribution is -0.173. The lowest BCUT2D eigenvalue weighted by Gasteiger charge is -2.33. The number of methoxy groups -OCH3 is 3. The highest BCUT2D eigenvalue weighted by Gasteiger charge is 2.46. The van der Waals surface area contributed by atoms with Crippen molar-refractivity contribution < 1.29 is 32.2 Å². The molecular formula is C23H23F3N4O4. The Kier molecular flexibility index (Phi) is 6.27. The van der Waals surface area contributed by atoms with E-state index in [1.807, 2.05) is 0 Å². The molecule has 0 saturated heterocycles. The number of rotatable bonds is 6. The summed E-state index contributed by atoms with van der Waals surface area (Å²) in [6, 6.07) is 10.3. The lowest BCUT2D eigenvalue weighted by atomic mass is 9.97. The van der Waals surface area contributed by atoms with Crippen LogP contribution in [0.1, 0.15) is 34.6 Å². The van der Waals surface area contributed by atoms with Crippen LogP contribution in [0.5, 0.6) is 17.2 Å². The number of hydrogen-bond acceptors (Lipinski definition) is 6. The molecule has 0 fully saturated rings. The number of aromatic nitrogens is 2. The van der Waals surface area contributed by atoms with Crippen LogP contribution in [-0.4, -0.2) is 43.2 Å². The smallest absolute Gasteiger partial charge is 0.410 e. The second kappa shape index (κ2) is 9.16. The van der Waals surface area contributed by atoms with Crippen LogP contribution in [0.2, 0.25) is 0 Å². The zero-order valence-corrected chi connectivity index (χ0v) is 18.6. The van der Waals surface area contributed by atoms with Crippen molar-refractivity contribution in [3.63, 3.8) is 0 Å². The predicted octanol–water partition coefficient (Wildman–Crippen LogP) is 4.82. The fourth-order valence-corrected chi connectivity index (χ4v) is 3.85. The van der Waals surface area contributed by atoms with Crippen LogP contribution in [0.15, 0.2) is 48.5 Å². The number of hydrogen-bond donors (Lipinski definition) is 2. The molecule has 180 valence electrons. The first-order valence-corrected chi connectivity index (χ1v) is 10.3. The van der Waals surface area contributed by atoms with Crippen LogP contribution >= 0.6 is 0 Å². The first kappa shape index (κ1) is 23.3. The van der Waals surface area contributed by atoms with Gasteiger partial charge in [0.15, 0.2) is 23.2 Å². The second-order valence-electron chi connectivity index (χ2n) is 7.65. The van der Waals surface area contributed by atoms with E-state index in [4.69, 9.17) is 14.2 Å². The fourth-order valence-electron chi connectivity index (χ4n) is 3.85. The molecule has 0 unspecified atom stereocenters. The Bertz CT molecular complexity index is 1180. The molecule has 1 aliphatic heterocycles. The Hall–Kier alpha value is -3.89. The van der Waals surface area contributed by atoms with Crippen LogP contribution in [0.25, 0.3) is 0 Å². The van der Waals surface area contributed by atoms with E-state index in [0.29, 0.717) is 28.5 Å². The van der Waals surface area contributed by atoms with Crippen LogP contribution in [0.3, 0.4) is 0 Å². The van der Waals surface area contributed by atoms with Crippen molar-refractivity contribution in [1.29, 1.82) is 0 Å². The highest BCUT2D eigenvalue weighted by atomic mass is 19.4. The van der Waals surface area contributed by atoms with E-state index in [-0.39, 0.29) is 17.9 Å². The zero-order valence-electron chi connectivity index (χ0n) is 18.6. The topological polar surface area (TPSA) is 86.6 Å². The molecule has 1 amide bonds. The van der Waals surface area contributed by atoms with Crippen LogP contribution < -0.4 is 24.8 Å². The number of carbonyl (C=O) groups is 1. The highest BCUT2D eigenvalue weighted by molar-refractivity contribution is 6.03. The third-order valence-corrected chi connectivity index (χ3v) is 5.58. The molecule has 2 atom stereocenters. The maximum Gasteiger partial charge on any atom is 0.410 e. The van der Waals surface area contributed by atoms with Gasteiger partial charge in [0.25, 0.3) is 5.91 Å². The summed E-state index contributed by atoms with van der Waals surface area (Å²) in [7, 11) is 4.45. The molecule has 8 nitrogen and oxygen atoms in total. The largest absolute Gasteiger partial charge is 0.497 e. The van der Waals surface area contributed by atoms with Gasteiger partial charge in [-0.3, -0.25) is 4.79 Å². The molecule has 2 aromatic carbocycles. The molecule has 11 heteroatoms. The summed E-state index contributed by atoms with van der Waals surface area (Å²) in [5, 5.41) is 9.67. The van der Waals surface area contributed by atoms with Crippen molar-refractivity contribution in [3.05, 3.63) is 59.8 Å². The number of amides is 1. The molecule has 2 N–H and O–H groups in total. The number of alkyl halides is 3. The van der Waals surface area contributed by atoms with Crippen molar-refractivity contribution in [3.8, 4) is 17.2 Å². The van der Waals surface area contributed by atoms with Gasteiger partial charge in [-0.1, -0.05) is 12.1 Å². The third-order valence-electron chi connectivity index (χ3n) is 5.58. The summed E-state index contributed by atoms with van der Waals surface area (Å²) >= 11 is 0. The van der Waals surface area contributed by atoms with E-state index >= 15 is 0 Å². The molecule has 2 heterocycles. The van der Waals surface area contributed by atoms with Gasteiger partial charge in [-0.2, -0.15) is 18.3 Å². The Morgan fingerprint density at radius 1 is 1.03 bits per heavy atom. The van der Waals surface area contributed by atoms with Gasteiger partial charge in [-0.05, 0) is 29.8 Å². The zero-order chi connectivity index (χ0) is 24.5. The standard InChI is InChI=1S/C23H23F3N4O4/c1-32-15-7-4-13(5-8-15)16-11-20(23(24,25)26)30-21(28-16)12-17(29-30)22(31)27-14-6-9-18(33-2)19(10-14)34-3/h4-10,12,16,20,28H,11H2,1-3H3,(H,27,31)/t16-,20+/m0/s1. The Balaban J connectivity index is 1.61.